The Morgan fingerprint density at radius 2 is 1.85 bits per heavy atom. The molecule has 6 heteroatoms. The molecule has 0 atom stereocenters. The van der Waals surface area contributed by atoms with Crippen molar-refractivity contribution < 1.29 is 13.9 Å². The second-order valence-corrected chi connectivity index (χ2v) is 6.42. The van der Waals surface area contributed by atoms with Gasteiger partial charge in [0.2, 0.25) is 12.3 Å². The lowest BCUT2D eigenvalue weighted by atomic mass is 10.0. The molecule has 0 aliphatic carbocycles. The van der Waals surface area contributed by atoms with Crippen LogP contribution >= 0.6 is 0 Å². The van der Waals surface area contributed by atoms with Crippen molar-refractivity contribution in [1.29, 1.82) is 0 Å². The summed E-state index contributed by atoms with van der Waals surface area (Å²) < 4.78 is 10.7. The van der Waals surface area contributed by atoms with Gasteiger partial charge in [-0.2, -0.15) is 0 Å². The summed E-state index contributed by atoms with van der Waals surface area (Å²) in [4.78, 5) is 17.5. The zero-order valence-electron chi connectivity index (χ0n) is 14.9. The lowest BCUT2D eigenvalue weighted by molar-refractivity contribution is 0.0736. The van der Waals surface area contributed by atoms with Crippen molar-refractivity contribution in [1.82, 2.24) is 15.2 Å². The van der Waals surface area contributed by atoms with Crippen molar-refractivity contribution in [2.45, 2.75) is 19.8 Å². The first-order valence-electron chi connectivity index (χ1n) is 8.60. The Labute approximate surface area is 155 Å². The number of ether oxygens (including phenoxy) is 1. The summed E-state index contributed by atoms with van der Waals surface area (Å²) in [5.74, 6) is 0.640. The van der Waals surface area contributed by atoms with Crippen LogP contribution < -0.4 is 4.74 Å². The summed E-state index contributed by atoms with van der Waals surface area (Å²) in [5.41, 5.74) is 2.89. The summed E-state index contributed by atoms with van der Waals surface area (Å²) in [6.45, 7) is 4.09. The van der Waals surface area contributed by atoms with Crippen molar-refractivity contribution in [3.05, 3.63) is 72.2 Å². The molecular weight excluding hydrogens is 342 g/mol. The van der Waals surface area contributed by atoms with Crippen molar-refractivity contribution in [3.8, 4) is 17.2 Å². The van der Waals surface area contributed by atoms with Crippen LogP contribution in [0.15, 0.2) is 65.4 Å². The van der Waals surface area contributed by atoms with E-state index in [0.717, 1.165) is 22.2 Å². The number of nitrogens with zero attached hydrogens (tertiary/aromatic N) is 3. The molecule has 2 heterocycles. The molecule has 0 spiro atoms. The number of aromatic nitrogens is 3. The molecule has 4 aromatic rings. The molecule has 0 unspecified atom stereocenters. The van der Waals surface area contributed by atoms with Crippen LogP contribution in [0.1, 0.15) is 35.8 Å². The molecule has 2 aromatic heterocycles. The highest BCUT2D eigenvalue weighted by molar-refractivity contribution is 6.04. The number of carbonyl (C=O) groups excluding carboxylic acids is 1. The fourth-order valence-corrected chi connectivity index (χ4v) is 2.79. The molecule has 0 bridgehead atoms. The minimum Gasteiger partial charge on any atom is -0.423 e. The third kappa shape index (κ3) is 3.42. The molecule has 0 aliphatic rings. The molecular formula is C21H17N3O3. The molecule has 0 amide bonds. The average Bonchev–Trinajstić information content (AvgIpc) is 3.22. The molecule has 0 N–H and O–H groups in total. The molecule has 0 fully saturated rings. The minimum absolute atomic E-state index is 0.204. The van der Waals surface area contributed by atoms with Crippen molar-refractivity contribution in [3.63, 3.8) is 0 Å². The van der Waals surface area contributed by atoms with E-state index in [1.54, 1.807) is 24.3 Å². The van der Waals surface area contributed by atoms with Gasteiger partial charge in [-0.3, -0.25) is 4.98 Å². The maximum Gasteiger partial charge on any atom is 0.344 e. The van der Waals surface area contributed by atoms with Gasteiger partial charge in [0.1, 0.15) is 5.75 Å². The van der Waals surface area contributed by atoms with Crippen LogP contribution in [0.3, 0.4) is 0 Å². The van der Waals surface area contributed by atoms with Crippen molar-refractivity contribution >= 4 is 16.9 Å². The first kappa shape index (κ1) is 16.9. The zero-order chi connectivity index (χ0) is 18.8. The lowest BCUT2D eigenvalue weighted by Gasteiger charge is -2.11. The van der Waals surface area contributed by atoms with E-state index in [9.17, 15) is 4.79 Å². The lowest BCUT2D eigenvalue weighted by Crippen LogP contribution is -2.11. The van der Waals surface area contributed by atoms with Gasteiger partial charge in [0.15, 0.2) is 0 Å². The normalized spacial score (nSPS) is 11.1. The topological polar surface area (TPSA) is 78.1 Å². The Hall–Kier alpha value is -3.54. The van der Waals surface area contributed by atoms with Crippen molar-refractivity contribution in [2.24, 2.45) is 0 Å². The first-order chi connectivity index (χ1) is 13.1. The van der Waals surface area contributed by atoms with E-state index >= 15 is 0 Å². The van der Waals surface area contributed by atoms with E-state index in [4.69, 9.17) is 9.15 Å². The van der Waals surface area contributed by atoms with E-state index in [-0.39, 0.29) is 5.92 Å². The highest BCUT2D eigenvalue weighted by Gasteiger charge is 2.16. The fourth-order valence-electron chi connectivity index (χ4n) is 2.79. The van der Waals surface area contributed by atoms with Gasteiger partial charge in [0.25, 0.3) is 0 Å². The molecule has 27 heavy (non-hydrogen) atoms. The highest BCUT2D eigenvalue weighted by Crippen LogP contribution is 2.25. The van der Waals surface area contributed by atoms with Gasteiger partial charge in [0.05, 0.1) is 11.1 Å². The number of para-hydroxylation sites is 1. The van der Waals surface area contributed by atoms with Crippen LogP contribution in [0.25, 0.3) is 22.4 Å². The summed E-state index contributed by atoms with van der Waals surface area (Å²) >= 11 is 0. The summed E-state index contributed by atoms with van der Waals surface area (Å²) in [6.07, 6.45) is 1.27. The predicted octanol–water partition coefficient (Wildman–Crippen LogP) is 4.63. The van der Waals surface area contributed by atoms with Gasteiger partial charge in [-0.1, -0.05) is 32.0 Å². The summed E-state index contributed by atoms with van der Waals surface area (Å²) in [7, 11) is 0. The van der Waals surface area contributed by atoms with Crippen molar-refractivity contribution in [2.75, 3.05) is 0 Å². The molecule has 2 aromatic carbocycles. The van der Waals surface area contributed by atoms with Gasteiger partial charge >= 0.3 is 5.97 Å². The number of carbonyl (C=O) groups is 1. The Morgan fingerprint density at radius 3 is 2.56 bits per heavy atom. The van der Waals surface area contributed by atoms with Gasteiger partial charge in [-0.05, 0) is 42.3 Å². The number of benzene rings is 2. The Bertz CT molecular complexity index is 1090. The maximum absolute atomic E-state index is 12.8. The van der Waals surface area contributed by atoms with Gasteiger partial charge in [-0.25, -0.2) is 4.79 Å². The fraction of sp³-hybridized carbons (Fsp3) is 0.143. The maximum atomic E-state index is 12.8. The number of esters is 1. The minimum atomic E-state index is -0.416. The Kier molecular flexibility index (Phi) is 4.38. The SMILES string of the molecule is CC(C)c1cc(C(=O)Oc2ccc(-c3nnco3)cc2)c2ccccc2n1. The quantitative estimate of drug-likeness (QED) is 0.390. The van der Waals surface area contributed by atoms with E-state index in [1.807, 2.05) is 44.2 Å². The standard InChI is InChI=1S/C21H17N3O3/c1-13(2)19-11-17(16-5-3-4-6-18(16)23-19)21(25)27-15-9-7-14(8-10-15)20-24-22-12-26-20/h3-13H,1-2H3. The number of pyridine rings is 1. The largest absolute Gasteiger partial charge is 0.423 e. The Balaban J connectivity index is 1.65. The van der Waals surface area contributed by atoms with Crippen LogP contribution in [0, 0.1) is 0 Å². The predicted molar refractivity (Wildman–Crippen MR) is 101 cm³/mol. The molecule has 0 saturated carbocycles. The van der Waals surface area contributed by atoms with E-state index in [2.05, 4.69) is 15.2 Å². The van der Waals surface area contributed by atoms with E-state index < -0.39 is 5.97 Å². The number of hydrogen-bond donors (Lipinski definition) is 0. The molecule has 0 aliphatic heterocycles. The molecule has 6 nitrogen and oxygen atoms in total. The van der Waals surface area contributed by atoms with E-state index in [1.165, 1.54) is 6.39 Å². The third-order valence-corrected chi connectivity index (χ3v) is 4.22. The first-order valence-corrected chi connectivity index (χ1v) is 8.60. The highest BCUT2D eigenvalue weighted by atomic mass is 16.5. The number of hydrogen-bond acceptors (Lipinski definition) is 6. The number of rotatable bonds is 4. The summed E-state index contributed by atoms with van der Waals surface area (Å²) in [6, 6.07) is 16.3. The van der Waals surface area contributed by atoms with Crippen LogP contribution in [0.4, 0.5) is 0 Å². The smallest absolute Gasteiger partial charge is 0.344 e. The molecule has 4 rings (SSSR count). The monoisotopic (exact) mass is 359 g/mol. The number of fused-ring (bicyclic) bond motifs is 1. The van der Waals surface area contributed by atoms with Gasteiger partial charge in [0, 0.05) is 16.6 Å². The van der Waals surface area contributed by atoms with Gasteiger partial charge in [-0.15, -0.1) is 10.2 Å². The average molecular weight is 359 g/mol. The molecule has 0 saturated heterocycles. The van der Waals surface area contributed by atoms with Crippen LogP contribution in [0.2, 0.25) is 0 Å². The molecule has 0 radical (unpaired) electrons. The van der Waals surface area contributed by atoms with Crippen LogP contribution in [0.5, 0.6) is 5.75 Å². The third-order valence-electron chi connectivity index (χ3n) is 4.22. The second kappa shape index (κ2) is 6.99. The molecule has 134 valence electrons. The van der Waals surface area contributed by atoms with Crippen LogP contribution in [-0.2, 0) is 0 Å². The van der Waals surface area contributed by atoms with Crippen LogP contribution in [-0.4, -0.2) is 21.2 Å². The van der Waals surface area contributed by atoms with E-state index in [0.29, 0.717) is 17.2 Å². The van der Waals surface area contributed by atoms with Gasteiger partial charge < -0.3 is 9.15 Å². The second-order valence-electron chi connectivity index (χ2n) is 6.42. The summed E-state index contributed by atoms with van der Waals surface area (Å²) in [5, 5.41) is 8.28. The zero-order valence-corrected chi connectivity index (χ0v) is 14.9. The Morgan fingerprint density at radius 1 is 1.07 bits per heavy atom.